The molecule has 3 aromatic rings. The van der Waals surface area contributed by atoms with Crippen molar-refractivity contribution in [1.29, 1.82) is 0 Å². The Balaban J connectivity index is 2.00. The third kappa shape index (κ3) is 2.14. The van der Waals surface area contributed by atoms with Gasteiger partial charge in [0, 0.05) is 16.6 Å². The minimum Gasteiger partial charge on any atom is -0.477 e. The Labute approximate surface area is 131 Å². The van der Waals surface area contributed by atoms with E-state index >= 15 is 0 Å². The maximum atomic E-state index is 11.7. The first-order valence-corrected chi connectivity index (χ1v) is 7.18. The monoisotopic (exact) mass is 304 g/mol. The molecule has 0 spiro atoms. The lowest BCUT2D eigenvalue weighted by Crippen LogP contribution is -2.03. The quantitative estimate of drug-likeness (QED) is 0.762. The van der Waals surface area contributed by atoms with Gasteiger partial charge in [0.1, 0.15) is 5.69 Å². The zero-order valence-electron chi connectivity index (χ0n) is 12.0. The average Bonchev–Trinajstić information content (AvgIpc) is 2.94. The van der Waals surface area contributed by atoms with Crippen molar-refractivity contribution in [3.05, 3.63) is 59.8 Å². The van der Waals surface area contributed by atoms with Crippen LogP contribution in [0.4, 0.5) is 5.69 Å². The molecule has 1 aliphatic rings. The van der Waals surface area contributed by atoms with Gasteiger partial charge < -0.3 is 10.4 Å². The van der Waals surface area contributed by atoms with Crippen LogP contribution in [-0.2, 0) is 11.2 Å². The second-order valence-corrected chi connectivity index (χ2v) is 5.44. The number of para-hydroxylation sites is 1. The highest BCUT2D eigenvalue weighted by molar-refractivity contribution is 6.04. The number of amides is 1. The third-order valence-electron chi connectivity index (χ3n) is 4.02. The van der Waals surface area contributed by atoms with Crippen LogP contribution in [0.25, 0.3) is 22.0 Å². The van der Waals surface area contributed by atoms with Crippen molar-refractivity contribution in [3.63, 3.8) is 0 Å². The number of hydrogen-bond acceptors (Lipinski definition) is 3. The highest BCUT2D eigenvalue weighted by atomic mass is 16.4. The molecular formula is C18H12N2O3. The van der Waals surface area contributed by atoms with Gasteiger partial charge in [-0.05, 0) is 23.3 Å². The van der Waals surface area contributed by atoms with Gasteiger partial charge in [0.15, 0.2) is 0 Å². The molecule has 4 rings (SSSR count). The van der Waals surface area contributed by atoms with E-state index in [1.807, 2.05) is 36.4 Å². The van der Waals surface area contributed by atoms with Crippen LogP contribution in [0, 0.1) is 0 Å². The molecule has 0 saturated carbocycles. The SMILES string of the molecule is O=C1Cc2c(cccc2-c2cccc3ccc(C(=O)O)nc23)N1. The van der Waals surface area contributed by atoms with Gasteiger partial charge >= 0.3 is 5.97 Å². The van der Waals surface area contributed by atoms with Crippen molar-refractivity contribution >= 4 is 28.5 Å². The highest BCUT2D eigenvalue weighted by Gasteiger charge is 2.22. The molecule has 1 amide bonds. The van der Waals surface area contributed by atoms with Crippen LogP contribution in [-0.4, -0.2) is 22.0 Å². The lowest BCUT2D eigenvalue weighted by molar-refractivity contribution is -0.115. The first kappa shape index (κ1) is 13.5. The average molecular weight is 304 g/mol. The van der Waals surface area contributed by atoms with E-state index < -0.39 is 5.97 Å². The summed E-state index contributed by atoms with van der Waals surface area (Å²) in [5, 5.41) is 12.9. The zero-order valence-corrected chi connectivity index (χ0v) is 12.0. The Kier molecular flexibility index (Phi) is 2.87. The maximum Gasteiger partial charge on any atom is 0.354 e. The molecule has 1 aliphatic heterocycles. The van der Waals surface area contributed by atoms with Crippen molar-refractivity contribution in [2.45, 2.75) is 6.42 Å². The molecule has 23 heavy (non-hydrogen) atoms. The minimum absolute atomic E-state index is 0.00623. The third-order valence-corrected chi connectivity index (χ3v) is 4.02. The number of fused-ring (bicyclic) bond motifs is 2. The van der Waals surface area contributed by atoms with Crippen LogP contribution in [0.2, 0.25) is 0 Å². The summed E-state index contributed by atoms with van der Waals surface area (Å²) in [7, 11) is 0. The number of nitrogens with zero attached hydrogens (tertiary/aromatic N) is 1. The van der Waals surface area contributed by atoms with Gasteiger partial charge in [-0.1, -0.05) is 36.4 Å². The van der Waals surface area contributed by atoms with Gasteiger partial charge in [-0.2, -0.15) is 0 Å². The molecule has 0 aliphatic carbocycles. The molecule has 1 aromatic heterocycles. The first-order valence-electron chi connectivity index (χ1n) is 7.18. The number of carbonyl (C=O) groups excluding carboxylic acids is 1. The van der Waals surface area contributed by atoms with E-state index in [4.69, 9.17) is 0 Å². The predicted molar refractivity (Wildman–Crippen MR) is 86.5 cm³/mol. The second-order valence-electron chi connectivity index (χ2n) is 5.44. The molecule has 2 aromatic carbocycles. The summed E-state index contributed by atoms with van der Waals surface area (Å²) in [5.41, 5.74) is 4.10. The van der Waals surface area contributed by atoms with Gasteiger partial charge in [0.25, 0.3) is 0 Å². The van der Waals surface area contributed by atoms with E-state index in [1.165, 1.54) is 6.07 Å². The summed E-state index contributed by atoms with van der Waals surface area (Å²) in [6.07, 6.45) is 0.320. The lowest BCUT2D eigenvalue weighted by atomic mass is 9.95. The van der Waals surface area contributed by atoms with Gasteiger partial charge in [-0.15, -0.1) is 0 Å². The fraction of sp³-hybridized carbons (Fsp3) is 0.0556. The van der Waals surface area contributed by atoms with Crippen LogP contribution in [0.1, 0.15) is 16.1 Å². The summed E-state index contributed by atoms with van der Waals surface area (Å²) in [5.74, 6) is -1.09. The van der Waals surface area contributed by atoms with Crippen molar-refractivity contribution < 1.29 is 14.7 Å². The molecule has 2 N–H and O–H groups in total. The van der Waals surface area contributed by atoms with Crippen LogP contribution in [0.15, 0.2) is 48.5 Å². The van der Waals surface area contributed by atoms with Crippen molar-refractivity contribution in [2.75, 3.05) is 5.32 Å². The molecule has 0 bridgehead atoms. The summed E-state index contributed by atoms with van der Waals surface area (Å²) in [6, 6.07) is 14.6. The van der Waals surface area contributed by atoms with Crippen LogP contribution < -0.4 is 5.32 Å². The summed E-state index contributed by atoms with van der Waals surface area (Å²) in [6.45, 7) is 0. The predicted octanol–water partition coefficient (Wildman–Crippen LogP) is 3.09. The van der Waals surface area contributed by atoms with Crippen LogP contribution >= 0.6 is 0 Å². The topological polar surface area (TPSA) is 79.3 Å². The number of benzene rings is 2. The highest BCUT2D eigenvalue weighted by Crippen LogP contribution is 2.36. The van der Waals surface area contributed by atoms with E-state index in [0.29, 0.717) is 11.9 Å². The number of hydrogen-bond donors (Lipinski definition) is 2. The maximum absolute atomic E-state index is 11.7. The van der Waals surface area contributed by atoms with E-state index in [2.05, 4.69) is 10.3 Å². The van der Waals surface area contributed by atoms with Crippen molar-refractivity contribution in [1.82, 2.24) is 4.98 Å². The molecule has 0 unspecified atom stereocenters. The summed E-state index contributed by atoms with van der Waals surface area (Å²) >= 11 is 0. The molecule has 5 nitrogen and oxygen atoms in total. The normalized spacial score (nSPS) is 13.0. The number of carboxylic acid groups (broad SMARTS) is 1. The molecule has 0 fully saturated rings. The Morgan fingerprint density at radius 2 is 1.83 bits per heavy atom. The largest absolute Gasteiger partial charge is 0.477 e. The smallest absolute Gasteiger partial charge is 0.354 e. The van der Waals surface area contributed by atoms with E-state index in [0.717, 1.165) is 27.8 Å². The number of anilines is 1. The van der Waals surface area contributed by atoms with Gasteiger partial charge in [-0.25, -0.2) is 9.78 Å². The second kappa shape index (κ2) is 4.91. The fourth-order valence-corrected chi connectivity index (χ4v) is 2.99. The number of rotatable bonds is 2. The first-order chi connectivity index (χ1) is 11.1. The Hall–Kier alpha value is -3.21. The lowest BCUT2D eigenvalue weighted by Gasteiger charge is -2.10. The van der Waals surface area contributed by atoms with Crippen LogP contribution in [0.5, 0.6) is 0 Å². The van der Waals surface area contributed by atoms with E-state index in [9.17, 15) is 14.7 Å². The van der Waals surface area contributed by atoms with Gasteiger partial charge in [-0.3, -0.25) is 4.79 Å². The van der Waals surface area contributed by atoms with E-state index in [1.54, 1.807) is 6.07 Å². The van der Waals surface area contributed by atoms with Crippen LogP contribution in [0.3, 0.4) is 0 Å². The fourth-order valence-electron chi connectivity index (χ4n) is 2.99. The Morgan fingerprint density at radius 3 is 2.65 bits per heavy atom. The number of aromatic carboxylic acids is 1. The van der Waals surface area contributed by atoms with Gasteiger partial charge in [0.05, 0.1) is 11.9 Å². The van der Waals surface area contributed by atoms with Gasteiger partial charge in [0.2, 0.25) is 5.91 Å². The molecule has 2 heterocycles. The zero-order chi connectivity index (χ0) is 16.0. The Morgan fingerprint density at radius 1 is 1.04 bits per heavy atom. The molecule has 5 heteroatoms. The van der Waals surface area contributed by atoms with E-state index in [-0.39, 0.29) is 11.6 Å². The standard InChI is InChI=1S/C18H12N2O3/c21-16-9-13-11(4-2-6-14(13)19-16)12-5-1-3-10-7-8-15(18(22)23)20-17(10)12/h1-8H,9H2,(H,19,21)(H,22,23). The number of carboxylic acids is 1. The minimum atomic E-state index is -1.06. The summed E-state index contributed by atoms with van der Waals surface area (Å²) in [4.78, 5) is 27.2. The summed E-state index contributed by atoms with van der Waals surface area (Å²) < 4.78 is 0. The Bertz CT molecular complexity index is 979. The van der Waals surface area contributed by atoms with Crippen molar-refractivity contribution in [2.24, 2.45) is 0 Å². The molecule has 0 saturated heterocycles. The molecule has 0 radical (unpaired) electrons. The molecule has 0 atom stereocenters. The molecular weight excluding hydrogens is 292 g/mol. The number of nitrogens with one attached hydrogen (secondary N) is 1. The number of pyridine rings is 1. The van der Waals surface area contributed by atoms with Crippen molar-refractivity contribution in [3.8, 4) is 11.1 Å². The number of aromatic nitrogens is 1. The molecule has 112 valence electrons. The number of carbonyl (C=O) groups is 2.